The lowest BCUT2D eigenvalue weighted by atomic mass is 10.00. The zero-order chi connectivity index (χ0) is 19.5. The third-order valence-electron chi connectivity index (χ3n) is 4.96. The Morgan fingerprint density at radius 1 is 1.04 bits per heavy atom. The van der Waals surface area contributed by atoms with Crippen molar-refractivity contribution in [1.82, 2.24) is 14.9 Å². The molecule has 2 aromatic carbocycles. The number of nitrogens with one attached hydrogen (secondary N) is 1. The zero-order valence-corrected chi connectivity index (χ0v) is 16.1. The predicted octanol–water partition coefficient (Wildman–Crippen LogP) is 3.48. The molecule has 0 saturated heterocycles. The average Bonchev–Trinajstić information content (AvgIpc) is 2.73. The minimum absolute atomic E-state index is 0.0668. The molecule has 1 amide bonds. The third kappa shape index (κ3) is 3.81. The first-order chi connectivity index (χ1) is 13.6. The van der Waals surface area contributed by atoms with Crippen LogP contribution in [0.15, 0.2) is 60.9 Å². The summed E-state index contributed by atoms with van der Waals surface area (Å²) >= 11 is 0. The van der Waals surface area contributed by atoms with Gasteiger partial charge in [0.2, 0.25) is 0 Å². The topological polar surface area (TPSA) is 61.4 Å². The molecule has 1 N–H and O–H groups in total. The molecule has 4 rings (SSSR count). The summed E-state index contributed by atoms with van der Waals surface area (Å²) in [7, 11) is 4.01. The van der Waals surface area contributed by atoms with E-state index in [0.29, 0.717) is 24.6 Å². The van der Waals surface area contributed by atoms with Crippen LogP contribution in [0.2, 0.25) is 0 Å². The molecule has 0 fully saturated rings. The van der Waals surface area contributed by atoms with Gasteiger partial charge in [0.15, 0.2) is 0 Å². The van der Waals surface area contributed by atoms with Crippen LogP contribution in [0.5, 0.6) is 0 Å². The average molecular weight is 373 g/mol. The Hall–Kier alpha value is -3.41. The van der Waals surface area contributed by atoms with Crippen molar-refractivity contribution in [2.24, 2.45) is 0 Å². The van der Waals surface area contributed by atoms with Gasteiger partial charge >= 0.3 is 0 Å². The third-order valence-corrected chi connectivity index (χ3v) is 4.96. The lowest BCUT2D eigenvalue weighted by molar-refractivity contribution is 0.0728. The van der Waals surface area contributed by atoms with Crippen LogP contribution in [0.1, 0.15) is 21.6 Å². The lowest BCUT2D eigenvalue weighted by Crippen LogP contribution is -2.36. The van der Waals surface area contributed by atoms with Gasteiger partial charge in [0.05, 0.1) is 0 Å². The van der Waals surface area contributed by atoms with Gasteiger partial charge in [-0.15, -0.1) is 0 Å². The highest BCUT2D eigenvalue weighted by atomic mass is 16.2. The number of carbonyl (C=O) groups excluding carboxylic acids is 1. The maximum absolute atomic E-state index is 12.9. The van der Waals surface area contributed by atoms with E-state index in [1.165, 1.54) is 17.5 Å². The van der Waals surface area contributed by atoms with Gasteiger partial charge in [-0.25, -0.2) is 9.97 Å². The smallest absolute Gasteiger partial charge is 0.272 e. The molecule has 2 heterocycles. The van der Waals surface area contributed by atoms with E-state index < -0.39 is 0 Å². The minimum atomic E-state index is -0.0668. The Bertz CT molecular complexity index is 984. The van der Waals surface area contributed by atoms with Crippen LogP contribution in [0.3, 0.4) is 0 Å². The normalized spacial score (nSPS) is 13.0. The van der Waals surface area contributed by atoms with Gasteiger partial charge in [0.1, 0.15) is 17.8 Å². The van der Waals surface area contributed by atoms with E-state index >= 15 is 0 Å². The Labute approximate surface area is 164 Å². The maximum Gasteiger partial charge on any atom is 0.272 e. The highest BCUT2D eigenvalue weighted by Gasteiger charge is 2.22. The van der Waals surface area contributed by atoms with E-state index in [1.54, 1.807) is 6.07 Å². The van der Waals surface area contributed by atoms with E-state index in [1.807, 2.05) is 60.3 Å². The van der Waals surface area contributed by atoms with Crippen molar-refractivity contribution in [3.63, 3.8) is 0 Å². The number of rotatable bonds is 4. The second-order valence-corrected chi connectivity index (χ2v) is 7.10. The van der Waals surface area contributed by atoms with E-state index in [2.05, 4.69) is 27.4 Å². The summed E-state index contributed by atoms with van der Waals surface area (Å²) in [6.45, 7) is 1.32. The molecular formula is C22H23N5O. The van der Waals surface area contributed by atoms with Crippen LogP contribution < -0.4 is 10.2 Å². The molecule has 1 aromatic heterocycles. The molecule has 1 aliphatic heterocycles. The Morgan fingerprint density at radius 3 is 2.54 bits per heavy atom. The fourth-order valence-corrected chi connectivity index (χ4v) is 3.36. The molecule has 28 heavy (non-hydrogen) atoms. The fourth-order valence-electron chi connectivity index (χ4n) is 3.36. The molecule has 0 unspecified atom stereocenters. The summed E-state index contributed by atoms with van der Waals surface area (Å²) in [6.07, 6.45) is 2.30. The molecule has 0 saturated carbocycles. The van der Waals surface area contributed by atoms with E-state index in [4.69, 9.17) is 0 Å². The summed E-state index contributed by atoms with van der Waals surface area (Å²) < 4.78 is 0. The molecule has 0 radical (unpaired) electrons. The molecule has 0 atom stereocenters. The molecule has 0 spiro atoms. The Kier molecular flexibility index (Phi) is 4.93. The number of fused-ring (bicyclic) bond motifs is 1. The number of benzene rings is 2. The SMILES string of the molecule is CN(C)c1ccc(Nc2cc(C(=O)N3CCc4ccccc4C3)ncn2)cc1. The van der Waals surface area contributed by atoms with Gasteiger partial charge in [-0.2, -0.15) is 0 Å². The number of amides is 1. The summed E-state index contributed by atoms with van der Waals surface area (Å²) in [4.78, 5) is 25.3. The number of anilines is 3. The maximum atomic E-state index is 12.9. The van der Waals surface area contributed by atoms with Crippen molar-refractivity contribution >= 4 is 23.1 Å². The highest BCUT2D eigenvalue weighted by Crippen LogP contribution is 2.22. The second kappa shape index (κ2) is 7.68. The quantitative estimate of drug-likeness (QED) is 0.759. The highest BCUT2D eigenvalue weighted by molar-refractivity contribution is 5.93. The van der Waals surface area contributed by atoms with Crippen LogP contribution >= 0.6 is 0 Å². The van der Waals surface area contributed by atoms with Crippen LogP contribution in [0, 0.1) is 0 Å². The molecule has 0 bridgehead atoms. The number of hydrogen-bond acceptors (Lipinski definition) is 5. The van der Waals surface area contributed by atoms with Crippen molar-refractivity contribution in [3.05, 3.63) is 77.7 Å². The summed E-state index contributed by atoms with van der Waals surface area (Å²) in [5, 5.41) is 3.24. The largest absolute Gasteiger partial charge is 0.378 e. The van der Waals surface area contributed by atoms with Crippen molar-refractivity contribution in [2.45, 2.75) is 13.0 Å². The van der Waals surface area contributed by atoms with Gasteiger partial charge < -0.3 is 15.1 Å². The van der Waals surface area contributed by atoms with Gasteiger partial charge in [0.25, 0.3) is 5.91 Å². The van der Waals surface area contributed by atoms with Crippen molar-refractivity contribution < 1.29 is 4.79 Å². The molecule has 0 aliphatic carbocycles. The number of hydrogen-bond donors (Lipinski definition) is 1. The molecule has 1 aliphatic rings. The van der Waals surface area contributed by atoms with Gasteiger partial charge in [-0.3, -0.25) is 4.79 Å². The van der Waals surface area contributed by atoms with Crippen LogP contribution in [0.4, 0.5) is 17.2 Å². The minimum Gasteiger partial charge on any atom is -0.378 e. The van der Waals surface area contributed by atoms with Gasteiger partial charge in [-0.05, 0) is 41.8 Å². The molecular weight excluding hydrogens is 350 g/mol. The van der Waals surface area contributed by atoms with Crippen molar-refractivity contribution in [2.75, 3.05) is 30.9 Å². The number of nitrogens with zero attached hydrogens (tertiary/aromatic N) is 4. The summed E-state index contributed by atoms with van der Waals surface area (Å²) in [5.41, 5.74) is 4.96. The zero-order valence-electron chi connectivity index (χ0n) is 16.1. The first-order valence-electron chi connectivity index (χ1n) is 9.33. The first-order valence-corrected chi connectivity index (χ1v) is 9.33. The Balaban J connectivity index is 1.48. The summed E-state index contributed by atoms with van der Waals surface area (Å²) in [5.74, 6) is 0.538. The molecule has 142 valence electrons. The van der Waals surface area contributed by atoms with Gasteiger partial charge in [0, 0.05) is 44.6 Å². The van der Waals surface area contributed by atoms with Gasteiger partial charge in [-0.1, -0.05) is 24.3 Å². The van der Waals surface area contributed by atoms with Crippen LogP contribution in [0.25, 0.3) is 0 Å². The van der Waals surface area contributed by atoms with Crippen LogP contribution in [-0.4, -0.2) is 41.4 Å². The lowest BCUT2D eigenvalue weighted by Gasteiger charge is -2.28. The first kappa shape index (κ1) is 18.0. The molecule has 3 aromatic rings. The molecule has 6 nitrogen and oxygen atoms in total. The predicted molar refractivity (Wildman–Crippen MR) is 111 cm³/mol. The number of carbonyl (C=O) groups is 1. The van der Waals surface area contributed by atoms with Crippen LogP contribution in [-0.2, 0) is 13.0 Å². The second-order valence-electron chi connectivity index (χ2n) is 7.10. The van der Waals surface area contributed by atoms with E-state index in [-0.39, 0.29) is 5.91 Å². The standard InChI is InChI=1S/C22H23N5O/c1-26(2)19-9-7-18(8-10-19)25-21-13-20(23-15-24-21)22(28)27-12-11-16-5-3-4-6-17(16)14-27/h3-10,13,15H,11-12,14H2,1-2H3,(H,23,24,25). The Morgan fingerprint density at radius 2 is 1.79 bits per heavy atom. The molecule has 6 heteroatoms. The summed E-state index contributed by atoms with van der Waals surface area (Å²) in [6, 6.07) is 18.0. The van der Waals surface area contributed by atoms with E-state index in [9.17, 15) is 4.79 Å². The van der Waals surface area contributed by atoms with Crippen molar-refractivity contribution in [1.29, 1.82) is 0 Å². The fraction of sp³-hybridized carbons (Fsp3) is 0.227. The monoisotopic (exact) mass is 373 g/mol. The number of aromatic nitrogens is 2. The van der Waals surface area contributed by atoms with E-state index in [0.717, 1.165) is 17.8 Å². The van der Waals surface area contributed by atoms with Crippen molar-refractivity contribution in [3.8, 4) is 0 Å².